The van der Waals surface area contributed by atoms with Crippen molar-refractivity contribution >= 4 is 29.4 Å². The topological polar surface area (TPSA) is 93.1 Å². The fourth-order valence-electron chi connectivity index (χ4n) is 2.96. The van der Waals surface area contributed by atoms with Gasteiger partial charge >= 0.3 is 5.97 Å². The van der Waals surface area contributed by atoms with Crippen molar-refractivity contribution in [3.8, 4) is 11.5 Å². The molecule has 0 saturated heterocycles. The molecule has 0 saturated carbocycles. The molecule has 0 aromatic heterocycles. The van der Waals surface area contributed by atoms with E-state index in [9.17, 15) is 19.5 Å². The number of benzene rings is 1. The van der Waals surface area contributed by atoms with Crippen molar-refractivity contribution in [3.63, 3.8) is 0 Å². The Morgan fingerprint density at radius 3 is 2.46 bits per heavy atom. The maximum Gasteiger partial charge on any atom is 0.308 e. The van der Waals surface area contributed by atoms with Gasteiger partial charge in [-0.05, 0) is 25.3 Å². The van der Waals surface area contributed by atoms with Gasteiger partial charge in [0.15, 0.2) is 5.78 Å². The van der Waals surface area contributed by atoms with Crippen LogP contribution in [-0.4, -0.2) is 60.1 Å². The van der Waals surface area contributed by atoms with Gasteiger partial charge in [0.2, 0.25) is 0 Å². The fourth-order valence-corrected chi connectivity index (χ4v) is 3.94. The molecular formula is C18H21NO6S. The minimum absolute atomic E-state index is 0.0292. The molecule has 1 N–H and O–H groups in total. The second kappa shape index (κ2) is 8.27. The SMILES string of the molecule is CCN1C(=O)C(CC(=O)O)=C(C(=O)c2ccc(OC)cc2OC)[C@H]1SC. The lowest BCUT2D eigenvalue weighted by Crippen LogP contribution is -2.34. The Balaban J connectivity index is 2.60. The van der Waals surface area contributed by atoms with E-state index in [1.807, 2.05) is 0 Å². The molecule has 0 aliphatic carbocycles. The van der Waals surface area contributed by atoms with Crippen molar-refractivity contribution in [2.75, 3.05) is 27.0 Å². The van der Waals surface area contributed by atoms with E-state index in [2.05, 4.69) is 0 Å². The normalized spacial score (nSPS) is 16.8. The highest BCUT2D eigenvalue weighted by Gasteiger charge is 2.42. The lowest BCUT2D eigenvalue weighted by atomic mass is 9.97. The summed E-state index contributed by atoms with van der Waals surface area (Å²) in [6, 6.07) is 4.75. The van der Waals surface area contributed by atoms with Gasteiger partial charge in [-0.2, -0.15) is 0 Å². The van der Waals surface area contributed by atoms with E-state index in [1.165, 1.54) is 30.9 Å². The number of hydrogen-bond acceptors (Lipinski definition) is 6. The zero-order valence-electron chi connectivity index (χ0n) is 15.1. The molecule has 0 bridgehead atoms. The van der Waals surface area contributed by atoms with Gasteiger partial charge in [0, 0.05) is 23.8 Å². The summed E-state index contributed by atoms with van der Waals surface area (Å²) in [7, 11) is 2.94. The Labute approximate surface area is 156 Å². The molecule has 1 heterocycles. The number of thioether (sulfide) groups is 1. The fraction of sp³-hybridized carbons (Fsp3) is 0.389. The van der Waals surface area contributed by atoms with Crippen molar-refractivity contribution in [2.24, 2.45) is 0 Å². The maximum absolute atomic E-state index is 13.2. The zero-order valence-corrected chi connectivity index (χ0v) is 15.9. The number of amides is 1. The van der Waals surface area contributed by atoms with Crippen LogP contribution in [0, 0.1) is 0 Å². The number of carbonyl (C=O) groups is 3. The van der Waals surface area contributed by atoms with Crippen molar-refractivity contribution in [1.82, 2.24) is 4.90 Å². The number of methoxy groups -OCH3 is 2. The lowest BCUT2D eigenvalue weighted by Gasteiger charge is -2.23. The molecule has 140 valence electrons. The molecule has 0 spiro atoms. The number of ketones is 1. The Hall–Kier alpha value is -2.48. The first kappa shape index (κ1) is 19.8. The number of ether oxygens (including phenoxy) is 2. The highest BCUT2D eigenvalue weighted by molar-refractivity contribution is 7.99. The minimum Gasteiger partial charge on any atom is -0.497 e. The van der Waals surface area contributed by atoms with E-state index in [1.54, 1.807) is 31.4 Å². The molecule has 0 radical (unpaired) electrons. The van der Waals surface area contributed by atoms with Crippen molar-refractivity contribution in [2.45, 2.75) is 18.7 Å². The Bertz CT molecular complexity index is 773. The number of carboxylic acid groups (broad SMARTS) is 1. The third-order valence-electron chi connectivity index (χ3n) is 4.16. The van der Waals surface area contributed by atoms with Crippen molar-refractivity contribution in [3.05, 3.63) is 34.9 Å². The van der Waals surface area contributed by atoms with E-state index >= 15 is 0 Å². The summed E-state index contributed by atoms with van der Waals surface area (Å²) in [5.41, 5.74) is 0.493. The van der Waals surface area contributed by atoms with Crippen molar-refractivity contribution in [1.29, 1.82) is 0 Å². The Kier molecular flexibility index (Phi) is 6.31. The molecule has 1 aromatic rings. The second-order valence-electron chi connectivity index (χ2n) is 5.54. The maximum atomic E-state index is 13.2. The summed E-state index contributed by atoms with van der Waals surface area (Å²) in [4.78, 5) is 38.6. The molecule has 7 nitrogen and oxygen atoms in total. The van der Waals surface area contributed by atoms with Crippen LogP contribution >= 0.6 is 11.8 Å². The quantitative estimate of drug-likeness (QED) is 0.692. The first-order chi connectivity index (χ1) is 12.4. The van der Waals surface area contributed by atoms with Crippen LogP contribution in [0.15, 0.2) is 29.3 Å². The van der Waals surface area contributed by atoms with Crippen LogP contribution in [0.1, 0.15) is 23.7 Å². The van der Waals surface area contributed by atoms with E-state index in [0.29, 0.717) is 18.0 Å². The number of hydrogen-bond donors (Lipinski definition) is 1. The van der Waals surface area contributed by atoms with Crippen LogP contribution in [0.25, 0.3) is 0 Å². The molecule has 1 amide bonds. The molecule has 8 heteroatoms. The smallest absolute Gasteiger partial charge is 0.308 e. The predicted molar refractivity (Wildman–Crippen MR) is 97.8 cm³/mol. The third kappa shape index (κ3) is 3.55. The van der Waals surface area contributed by atoms with Crippen LogP contribution in [0.5, 0.6) is 11.5 Å². The predicted octanol–water partition coefficient (Wildman–Crippen LogP) is 2.21. The van der Waals surface area contributed by atoms with Crippen LogP contribution in [-0.2, 0) is 9.59 Å². The van der Waals surface area contributed by atoms with Gasteiger partial charge in [-0.25, -0.2) is 0 Å². The van der Waals surface area contributed by atoms with Gasteiger partial charge in [0.05, 0.1) is 26.2 Å². The largest absolute Gasteiger partial charge is 0.497 e. The number of carbonyl (C=O) groups excluding carboxylic acids is 2. The van der Waals surface area contributed by atoms with Gasteiger partial charge in [0.1, 0.15) is 16.9 Å². The summed E-state index contributed by atoms with van der Waals surface area (Å²) in [6.07, 6.45) is 1.29. The van der Waals surface area contributed by atoms with Gasteiger partial charge in [-0.3, -0.25) is 14.4 Å². The molecular weight excluding hydrogens is 358 g/mol. The zero-order chi connectivity index (χ0) is 19.4. The molecule has 26 heavy (non-hydrogen) atoms. The highest BCUT2D eigenvalue weighted by atomic mass is 32.2. The van der Waals surface area contributed by atoms with Gasteiger partial charge in [-0.1, -0.05) is 0 Å². The molecule has 1 aliphatic rings. The van der Waals surface area contributed by atoms with Crippen LogP contribution in [0.3, 0.4) is 0 Å². The van der Waals surface area contributed by atoms with Crippen LogP contribution in [0.4, 0.5) is 0 Å². The number of likely N-dealkylation sites (N-methyl/N-ethyl adjacent to an activating group) is 1. The number of aliphatic carboxylic acids is 1. The number of rotatable bonds is 8. The van der Waals surface area contributed by atoms with E-state index in [0.717, 1.165) is 0 Å². The van der Waals surface area contributed by atoms with E-state index in [4.69, 9.17) is 9.47 Å². The lowest BCUT2D eigenvalue weighted by molar-refractivity contribution is -0.137. The van der Waals surface area contributed by atoms with Crippen molar-refractivity contribution < 1.29 is 29.0 Å². The third-order valence-corrected chi connectivity index (χ3v) is 5.10. The first-order valence-electron chi connectivity index (χ1n) is 7.94. The molecule has 1 atom stereocenters. The summed E-state index contributed by atoms with van der Waals surface area (Å²) in [5, 5.41) is 8.66. The molecule has 1 aliphatic heterocycles. The summed E-state index contributed by atoms with van der Waals surface area (Å²) in [5.74, 6) is -1.15. The van der Waals surface area contributed by atoms with Crippen LogP contribution in [0.2, 0.25) is 0 Å². The Morgan fingerprint density at radius 1 is 1.27 bits per heavy atom. The number of nitrogens with zero attached hydrogens (tertiary/aromatic N) is 1. The summed E-state index contributed by atoms with van der Waals surface area (Å²) < 4.78 is 10.4. The molecule has 0 fully saturated rings. The van der Waals surface area contributed by atoms with Gasteiger partial charge in [-0.15, -0.1) is 11.8 Å². The Morgan fingerprint density at radius 2 is 1.96 bits per heavy atom. The van der Waals surface area contributed by atoms with Crippen LogP contribution < -0.4 is 9.47 Å². The standard InChI is InChI=1S/C18H21NO6S/c1-5-19-17(23)12(9-14(20)21)15(18(19)26-4)16(22)11-7-6-10(24-2)8-13(11)25-3/h6-8,18H,5,9H2,1-4H3,(H,20,21)/t18-/m1/s1. The summed E-state index contributed by atoms with van der Waals surface area (Å²) >= 11 is 1.32. The monoisotopic (exact) mass is 379 g/mol. The van der Waals surface area contributed by atoms with E-state index < -0.39 is 29.5 Å². The number of Topliss-reactive ketones (excluding diaryl/α,β-unsaturated/α-hetero) is 1. The first-order valence-corrected chi connectivity index (χ1v) is 9.23. The van der Waals surface area contributed by atoms with E-state index in [-0.39, 0.29) is 16.7 Å². The van der Waals surface area contributed by atoms with Gasteiger partial charge < -0.3 is 19.5 Å². The number of carboxylic acids is 1. The minimum atomic E-state index is -1.15. The second-order valence-corrected chi connectivity index (χ2v) is 6.46. The molecule has 2 rings (SSSR count). The average molecular weight is 379 g/mol. The highest BCUT2D eigenvalue weighted by Crippen LogP contribution is 2.37. The summed E-state index contributed by atoms with van der Waals surface area (Å²) in [6.45, 7) is 2.17. The average Bonchev–Trinajstić information content (AvgIpc) is 2.90. The molecule has 1 aromatic carbocycles. The molecule has 0 unspecified atom stereocenters. The van der Waals surface area contributed by atoms with Gasteiger partial charge in [0.25, 0.3) is 5.91 Å².